The van der Waals surface area contributed by atoms with E-state index in [1.807, 2.05) is 0 Å². The van der Waals surface area contributed by atoms with Crippen LogP contribution in [0.25, 0.3) is 0 Å². The zero-order valence-corrected chi connectivity index (χ0v) is 9.92. The summed E-state index contributed by atoms with van der Waals surface area (Å²) in [5.74, 6) is -10.5. The van der Waals surface area contributed by atoms with Crippen molar-refractivity contribution in [2.45, 2.75) is 29.2 Å². The third-order valence-corrected chi connectivity index (χ3v) is 3.69. The van der Waals surface area contributed by atoms with Crippen molar-refractivity contribution >= 4 is 10.1 Å². The molecule has 0 aromatic rings. The topological polar surface area (TPSA) is 143 Å². The first kappa shape index (κ1) is 15.4. The van der Waals surface area contributed by atoms with Gasteiger partial charge in [-0.3, -0.25) is 0 Å². The van der Waals surface area contributed by atoms with Gasteiger partial charge in [0.25, 0.3) is 5.79 Å². The SMILES string of the molecule is O=S(=O)(O[C@]1(O)C(O)O[C@]2(O)C=CO[C@@]21O)C(F)(F)F. The van der Waals surface area contributed by atoms with E-state index in [1.54, 1.807) is 0 Å². The molecular weight excluding hydrogens is 317 g/mol. The molecule has 1 saturated heterocycles. The lowest BCUT2D eigenvalue weighted by Crippen LogP contribution is -2.65. The normalized spacial score (nSPS) is 44.5. The third kappa shape index (κ3) is 1.68. The average Bonchev–Trinajstić information content (AvgIpc) is 2.59. The van der Waals surface area contributed by atoms with E-state index in [1.165, 1.54) is 0 Å². The zero-order valence-electron chi connectivity index (χ0n) is 9.10. The molecule has 116 valence electrons. The fourth-order valence-electron chi connectivity index (χ4n) is 1.61. The zero-order chi connectivity index (χ0) is 15.6. The van der Waals surface area contributed by atoms with Crippen LogP contribution >= 0.6 is 0 Å². The minimum absolute atomic E-state index is 0.500. The highest BCUT2D eigenvalue weighted by Crippen LogP contribution is 2.51. The minimum atomic E-state index is -6.44. The van der Waals surface area contributed by atoms with Crippen LogP contribution < -0.4 is 0 Å². The second-order valence-corrected chi connectivity index (χ2v) is 5.45. The van der Waals surface area contributed by atoms with Gasteiger partial charge in [0.2, 0.25) is 6.29 Å². The van der Waals surface area contributed by atoms with Gasteiger partial charge in [0.15, 0.2) is 0 Å². The van der Waals surface area contributed by atoms with Crippen LogP contribution in [-0.2, 0) is 23.8 Å². The van der Waals surface area contributed by atoms with E-state index in [-0.39, 0.29) is 0 Å². The maximum Gasteiger partial charge on any atom is 0.523 e. The molecule has 0 saturated carbocycles. The molecule has 0 radical (unpaired) electrons. The first-order valence-electron chi connectivity index (χ1n) is 4.69. The Labute approximate surface area is 108 Å². The van der Waals surface area contributed by atoms with Gasteiger partial charge in [-0.2, -0.15) is 21.6 Å². The van der Waals surface area contributed by atoms with Crippen LogP contribution in [0.2, 0.25) is 0 Å². The highest BCUT2D eigenvalue weighted by molar-refractivity contribution is 7.87. The maximum atomic E-state index is 12.2. The largest absolute Gasteiger partial charge is 0.523 e. The van der Waals surface area contributed by atoms with Crippen LogP contribution in [0.1, 0.15) is 0 Å². The highest BCUT2D eigenvalue weighted by Gasteiger charge is 2.80. The van der Waals surface area contributed by atoms with Gasteiger partial charge in [-0.1, -0.05) is 0 Å². The standard InChI is InChI=1S/C7H7F3O9S/c8-7(9,10)20(15,16)19-5(13)3(11)18-4(12)1-2-17-6(4,5)14/h1-3,11-14H/t3?,4-,5-,6+/m1/s1. The molecule has 20 heavy (non-hydrogen) atoms. The van der Waals surface area contributed by atoms with Gasteiger partial charge in [0.1, 0.15) is 0 Å². The molecule has 13 heteroatoms. The van der Waals surface area contributed by atoms with Crippen molar-refractivity contribution in [2.24, 2.45) is 0 Å². The molecular formula is C7H7F3O9S. The number of hydrogen-bond acceptors (Lipinski definition) is 9. The molecule has 0 aromatic heterocycles. The Morgan fingerprint density at radius 2 is 1.80 bits per heavy atom. The number of fused-ring (bicyclic) bond motifs is 1. The molecule has 1 fully saturated rings. The summed E-state index contributed by atoms with van der Waals surface area (Å²) in [5.41, 5.74) is -5.97. The fourth-order valence-corrected chi connectivity index (χ4v) is 2.24. The lowest BCUT2D eigenvalue weighted by molar-refractivity contribution is -0.370. The number of ether oxygens (including phenoxy) is 2. The van der Waals surface area contributed by atoms with Crippen LogP contribution in [-0.4, -0.2) is 58.0 Å². The number of aliphatic hydroxyl groups excluding tert-OH is 1. The van der Waals surface area contributed by atoms with Gasteiger partial charge in [-0.25, -0.2) is 4.18 Å². The first-order chi connectivity index (χ1) is 8.79. The predicted molar refractivity (Wildman–Crippen MR) is 48.2 cm³/mol. The van der Waals surface area contributed by atoms with Gasteiger partial charge in [0, 0.05) is 6.08 Å². The Hall–Kier alpha value is -0.960. The summed E-state index contributed by atoms with van der Waals surface area (Å²) >= 11 is 0. The van der Waals surface area contributed by atoms with Crippen molar-refractivity contribution in [2.75, 3.05) is 0 Å². The second kappa shape index (κ2) is 3.82. The molecule has 2 aliphatic heterocycles. The molecule has 2 rings (SSSR count). The van der Waals surface area contributed by atoms with Crippen molar-refractivity contribution < 1.29 is 55.7 Å². The van der Waals surface area contributed by atoms with Crippen LogP contribution in [0.3, 0.4) is 0 Å². The van der Waals surface area contributed by atoms with E-state index >= 15 is 0 Å². The lowest BCUT2D eigenvalue weighted by atomic mass is 10.0. The molecule has 1 unspecified atom stereocenters. The van der Waals surface area contributed by atoms with E-state index in [2.05, 4.69) is 13.7 Å². The molecule has 4 atom stereocenters. The van der Waals surface area contributed by atoms with Crippen molar-refractivity contribution in [3.05, 3.63) is 12.3 Å². The van der Waals surface area contributed by atoms with Crippen molar-refractivity contribution in [1.29, 1.82) is 0 Å². The van der Waals surface area contributed by atoms with Gasteiger partial charge < -0.3 is 29.9 Å². The van der Waals surface area contributed by atoms with E-state index in [0.717, 1.165) is 0 Å². The predicted octanol–water partition coefficient (Wildman–Crippen LogP) is -2.19. The number of halogens is 3. The Morgan fingerprint density at radius 3 is 2.30 bits per heavy atom. The van der Waals surface area contributed by atoms with Crippen LogP contribution in [0.4, 0.5) is 13.2 Å². The quantitative estimate of drug-likeness (QED) is 0.253. The lowest BCUT2D eigenvalue weighted by Gasteiger charge is -2.35. The molecule has 9 nitrogen and oxygen atoms in total. The summed E-state index contributed by atoms with van der Waals surface area (Å²) in [6, 6.07) is 0. The van der Waals surface area contributed by atoms with Crippen LogP contribution in [0.5, 0.6) is 0 Å². The summed E-state index contributed by atoms with van der Waals surface area (Å²) in [6.45, 7) is 0. The highest BCUT2D eigenvalue weighted by atomic mass is 32.2. The van der Waals surface area contributed by atoms with E-state index in [4.69, 9.17) is 0 Å². The summed E-state index contributed by atoms with van der Waals surface area (Å²) in [6.07, 6.45) is -1.85. The van der Waals surface area contributed by atoms with Crippen molar-refractivity contribution in [3.63, 3.8) is 0 Å². The molecule has 0 aliphatic carbocycles. The Morgan fingerprint density at radius 1 is 1.25 bits per heavy atom. The second-order valence-electron chi connectivity index (χ2n) is 3.91. The molecule has 0 spiro atoms. The van der Waals surface area contributed by atoms with Crippen molar-refractivity contribution in [1.82, 2.24) is 0 Å². The maximum absolute atomic E-state index is 12.2. The average molecular weight is 324 g/mol. The summed E-state index contributed by atoms with van der Waals surface area (Å²) < 4.78 is 70.1. The van der Waals surface area contributed by atoms with E-state index in [9.17, 15) is 42.0 Å². The van der Waals surface area contributed by atoms with Crippen LogP contribution in [0.15, 0.2) is 12.3 Å². The Bertz CT molecular complexity index is 558. The molecule has 2 aliphatic rings. The number of aliphatic hydroxyl groups is 4. The Kier molecular flexibility index (Phi) is 2.95. The van der Waals surface area contributed by atoms with Gasteiger partial charge >= 0.3 is 27.2 Å². The molecule has 2 heterocycles. The van der Waals surface area contributed by atoms with Crippen molar-refractivity contribution in [3.8, 4) is 0 Å². The number of alkyl halides is 3. The van der Waals surface area contributed by atoms with Gasteiger partial charge in [-0.15, -0.1) is 0 Å². The molecule has 4 N–H and O–H groups in total. The molecule has 0 amide bonds. The minimum Gasteiger partial charge on any atom is -0.460 e. The van der Waals surface area contributed by atoms with Gasteiger partial charge in [-0.05, 0) is 0 Å². The first-order valence-corrected chi connectivity index (χ1v) is 6.10. The van der Waals surface area contributed by atoms with E-state index < -0.39 is 39.3 Å². The summed E-state index contributed by atoms with van der Waals surface area (Å²) in [7, 11) is -6.44. The number of hydrogen-bond donors (Lipinski definition) is 4. The molecule has 0 bridgehead atoms. The monoisotopic (exact) mass is 324 g/mol. The summed E-state index contributed by atoms with van der Waals surface area (Å²) in [5, 5.41) is 38.4. The van der Waals surface area contributed by atoms with Crippen LogP contribution in [0, 0.1) is 0 Å². The smallest absolute Gasteiger partial charge is 0.460 e. The van der Waals surface area contributed by atoms with E-state index in [0.29, 0.717) is 12.3 Å². The summed E-state index contributed by atoms with van der Waals surface area (Å²) in [4.78, 5) is 0. The van der Waals surface area contributed by atoms with Gasteiger partial charge in [0.05, 0.1) is 6.26 Å². The molecule has 0 aromatic carbocycles. The third-order valence-electron chi connectivity index (χ3n) is 2.65. The number of rotatable bonds is 2. The fraction of sp³-hybridized carbons (Fsp3) is 0.714. The Balaban J connectivity index is 2.46.